The lowest BCUT2D eigenvalue weighted by Crippen LogP contribution is -2.43. The summed E-state index contributed by atoms with van der Waals surface area (Å²) in [5.74, 6) is 0.868. The molecule has 0 aliphatic carbocycles. The summed E-state index contributed by atoms with van der Waals surface area (Å²) in [7, 11) is 0. The number of hydrogen-bond donors (Lipinski definition) is 2. The van der Waals surface area contributed by atoms with Crippen molar-refractivity contribution in [2.75, 3.05) is 6.54 Å². The monoisotopic (exact) mass is 219 g/mol. The Labute approximate surface area is 95.7 Å². The van der Waals surface area contributed by atoms with Gasteiger partial charge in [0.15, 0.2) is 0 Å². The van der Waals surface area contributed by atoms with Crippen molar-refractivity contribution in [2.45, 2.75) is 26.2 Å². The Hall–Kier alpha value is -1.71. The number of nitrogens with zero attached hydrogens (tertiary/aromatic N) is 1. The van der Waals surface area contributed by atoms with E-state index >= 15 is 0 Å². The molecule has 0 saturated carbocycles. The van der Waals surface area contributed by atoms with E-state index in [0.717, 1.165) is 42.9 Å². The smallest absolute Gasteiger partial charge is 0.324 e. The third-order valence-corrected chi connectivity index (χ3v) is 2.91. The van der Waals surface area contributed by atoms with Crippen molar-refractivity contribution in [3.63, 3.8) is 0 Å². The van der Waals surface area contributed by atoms with Gasteiger partial charge >= 0.3 is 6.03 Å². The summed E-state index contributed by atoms with van der Waals surface area (Å²) >= 11 is 0. The molecule has 0 fully saturated rings. The molecule has 0 atom stereocenters. The number of amides is 2. The van der Waals surface area contributed by atoms with E-state index in [1.165, 1.54) is 0 Å². The van der Waals surface area contributed by atoms with Crippen LogP contribution in [0.15, 0.2) is 35.9 Å². The van der Waals surface area contributed by atoms with Crippen LogP contribution in [0.4, 0.5) is 4.79 Å². The fourth-order valence-corrected chi connectivity index (χ4v) is 2.03. The molecule has 2 rings (SSSR count). The number of unbranched alkanes of at least 4 members (excludes halogenated alkanes) is 1. The topological polar surface area (TPSA) is 44.4 Å². The first-order chi connectivity index (χ1) is 7.63. The summed E-state index contributed by atoms with van der Waals surface area (Å²) < 4.78 is 0. The van der Waals surface area contributed by atoms with Gasteiger partial charge in [-0.05, 0) is 6.42 Å². The Morgan fingerprint density at radius 1 is 1.38 bits per heavy atom. The van der Waals surface area contributed by atoms with Crippen LogP contribution in [0.2, 0.25) is 0 Å². The van der Waals surface area contributed by atoms with Crippen molar-refractivity contribution in [1.82, 2.24) is 15.5 Å². The molecule has 16 heavy (non-hydrogen) atoms. The highest BCUT2D eigenvalue weighted by molar-refractivity contribution is 5.81. The van der Waals surface area contributed by atoms with Gasteiger partial charge in [-0.15, -0.1) is 0 Å². The number of hydrogen-bond acceptors (Lipinski definition) is 2. The van der Waals surface area contributed by atoms with Crippen LogP contribution >= 0.6 is 0 Å². The molecule has 0 spiro atoms. The van der Waals surface area contributed by atoms with Gasteiger partial charge in [0.2, 0.25) is 0 Å². The molecule has 4 heteroatoms. The van der Waals surface area contributed by atoms with Gasteiger partial charge in [-0.2, -0.15) is 0 Å². The Morgan fingerprint density at radius 2 is 2.12 bits per heavy atom. The van der Waals surface area contributed by atoms with Crippen LogP contribution in [0.25, 0.3) is 0 Å². The average Bonchev–Trinajstić information content (AvgIpc) is 2.53. The molecule has 2 N–H and O–H groups in total. The SMILES string of the molecule is C=C1NC(=O)NC2=C1CC(=C)N2CCCC. The maximum absolute atomic E-state index is 11.4. The van der Waals surface area contributed by atoms with Crippen molar-refractivity contribution in [3.05, 3.63) is 35.9 Å². The minimum atomic E-state index is -0.208. The second-order valence-corrected chi connectivity index (χ2v) is 4.13. The molecule has 2 aliphatic rings. The fraction of sp³-hybridized carbons (Fsp3) is 0.417. The predicted molar refractivity (Wildman–Crippen MR) is 63.2 cm³/mol. The molecule has 0 aromatic carbocycles. The van der Waals surface area contributed by atoms with Crippen LogP contribution in [0.3, 0.4) is 0 Å². The predicted octanol–water partition coefficient (Wildman–Crippen LogP) is 2.04. The maximum Gasteiger partial charge on any atom is 0.324 e. The molecule has 0 aromatic heterocycles. The molecule has 0 saturated heterocycles. The Balaban J connectivity index is 2.23. The summed E-state index contributed by atoms with van der Waals surface area (Å²) in [6, 6.07) is -0.208. The average molecular weight is 219 g/mol. The van der Waals surface area contributed by atoms with Gasteiger partial charge in [0.1, 0.15) is 5.82 Å². The van der Waals surface area contributed by atoms with E-state index in [1.807, 2.05) is 0 Å². The van der Waals surface area contributed by atoms with E-state index in [0.29, 0.717) is 5.70 Å². The molecular weight excluding hydrogens is 202 g/mol. The number of urea groups is 1. The van der Waals surface area contributed by atoms with Gasteiger partial charge in [0.25, 0.3) is 0 Å². The summed E-state index contributed by atoms with van der Waals surface area (Å²) in [5, 5.41) is 5.51. The van der Waals surface area contributed by atoms with Crippen LogP contribution in [-0.2, 0) is 0 Å². The van der Waals surface area contributed by atoms with E-state index in [4.69, 9.17) is 0 Å². The Kier molecular flexibility index (Phi) is 2.73. The molecular formula is C12H17N3O. The lowest BCUT2D eigenvalue weighted by molar-refractivity contribution is 0.241. The van der Waals surface area contributed by atoms with E-state index < -0.39 is 0 Å². The van der Waals surface area contributed by atoms with Crippen LogP contribution < -0.4 is 10.6 Å². The van der Waals surface area contributed by atoms with E-state index in [2.05, 4.69) is 35.6 Å². The number of nitrogens with one attached hydrogen (secondary N) is 2. The van der Waals surface area contributed by atoms with Gasteiger partial charge in [0, 0.05) is 29.9 Å². The Bertz CT molecular complexity index is 395. The van der Waals surface area contributed by atoms with Crippen molar-refractivity contribution >= 4 is 6.03 Å². The maximum atomic E-state index is 11.4. The first-order valence-electron chi connectivity index (χ1n) is 5.59. The van der Waals surface area contributed by atoms with E-state index in [-0.39, 0.29) is 6.03 Å². The summed E-state index contributed by atoms with van der Waals surface area (Å²) in [4.78, 5) is 13.5. The second kappa shape index (κ2) is 4.04. The third-order valence-electron chi connectivity index (χ3n) is 2.91. The summed E-state index contributed by atoms with van der Waals surface area (Å²) in [6.45, 7) is 10.9. The second-order valence-electron chi connectivity index (χ2n) is 4.13. The Morgan fingerprint density at radius 3 is 2.81 bits per heavy atom. The van der Waals surface area contributed by atoms with Gasteiger partial charge in [-0.25, -0.2) is 4.79 Å². The normalized spacial score (nSPS) is 19.8. The number of carbonyl (C=O) groups is 1. The lowest BCUT2D eigenvalue weighted by Gasteiger charge is -2.26. The van der Waals surface area contributed by atoms with Gasteiger partial charge in [-0.1, -0.05) is 26.5 Å². The summed E-state index contributed by atoms with van der Waals surface area (Å²) in [6.07, 6.45) is 2.98. The molecule has 2 aliphatic heterocycles. The molecule has 2 heterocycles. The van der Waals surface area contributed by atoms with Crippen LogP contribution in [0.1, 0.15) is 26.2 Å². The molecule has 0 bridgehead atoms. The van der Waals surface area contributed by atoms with Crippen molar-refractivity contribution in [3.8, 4) is 0 Å². The number of rotatable bonds is 3. The van der Waals surface area contributed by atoms with E-state index in [9.17, 15) is 4.79 Å². The largest absolute Gasteiger partial charge is 0.332 e. The minimum Gasteiger partial charge on any atom is -0.332 e. The van der Waals surface area contributed by atoms with Crippen LogP contribution in [0.5, 0.6) is 0 Å². The van der Waals surface area contributed by atoms with Gasteiger partial charge < -0.3 is 10.2 Å². The molecule has 86 valence electrons. The molecule has 0 unspecified atom stereocenters. The number of carbonyl (C=O) groups excluding carboxylic acids is 1. The highest BCUT2D eigenvalue weighted by Crippen LogP contribution is 2.33. The third kappa shape index (κ3) is 1.71. The standard InChI is InChI=1S/C12H17N3O/c1-4-5-6-15-8(2)7-10-9(3)13-12(16)14-11(10)15/h2-7H2,1H3,(H2,13,14,16). The zero-order chi connectivity index (χ0) is 11.7. The molecule has 4 nitrogen and oxygen atoms in total. The lowest BCUT2D eigenvalue weighted by atomic mass is 10.1. The van der Waals surface area contributed by atoms with Crippen LogP contribution in [0, 0.1) is 0 Å². The zero-order valence-electron chi connectivity index (χ0n) is 9.60. The first kappa shape index (κ1) is 10.8. The van der Waals surface area contributed by atoms with Crippen molar-refractivity contribution in [2.24, 2.45) is 0 Å². The van der Waals surface area contributed by atoms with Crippen molar-refractivity contribution in [1.29, 1.82) is 0 Å². The highest BCUT2D eigenvalue weighted by Gasteiger charge is 2.31. The highest BCUT2D eigenvalue weighted by atomic mass is 16.2. The molecule has 0 aromatic rings. The summed E-state index contributed by atoms with van der Waals surface area (Å²) in [5.41, 5.74) is 2.78. The zero-order valence-corrected chi connectivity index (χ0v) is 9.60. The first-order valence-corrected chi connectivity index (χ1v) is 5.59. The minimum absolute atomic E-state index is 0.208. The van der Waals surface area contributed by atoms with E-state index in [1.54, 1.807) is 0 Å². The van der Waals surface area contributed by atoms with Gasteiger partial charge in [-0.3, -0.25) is 5.32 Å². The van der Waals surface area contributed by atoms with Crippen LogP contribution in [-0.4, -0.2) is 17.5 Å². The quantitative estimate of drug-likeness (QED) is 0.763. The molecule has 0 radical (unpaired) electrons. The van der Waals surface area contributed by atoms with Gasteiger partial charge in [0.05, 0.1) is 0 Å². The number of allylic oxidation sites excluding steroid dienone is 2. The molecule has 2 amide bonds. The fourth-order valence-electron chi connectivity index (χ4n) is 2.03. The van der Waals surface area contributed by atoms with Crippen molar-refractivity contribution < 1.29 is 4.79 Å².